The number of amides is 3. The molecule has 2 heterocycles. The van der Waals surface area contributed by atoms with Crippen molar-refractivity contribution in [2.24, 2.45) is 0 Å². The first-order valence-corrected chi connectivity index (χ1v) is 11.2. The van der Waals surface area contributed by atoms with Crippen molar-refractivity contribution in [2.45, 2.75) is 52.2 Å². The van der Waals surface area contributed by atoms with Crippen LogP contribution in [0.25, 0.3) is 0 Å². The molecule has 8 heteroatoms. The fourth-order valence-corrected chi connectivity index (χ4v) is 3.49. The Bertz CT molecular complexity index is 1080. The number of furan rings is 1. The summed E-state index contributed by atoms with van der Waals surface area (Å²) < 4.78 is 5.47. The number of carbonyl (C=O) groups excluding carboxylic acids is 3. The molecule has 3 aromatic rings. The Morgan fingerprint density at radius 3 is 2.38 bits per heavy atom. The number of rotatable bonds is 10. The number of pyridine rings is 1. The Kier molecular flexibility index (Phi) is 8.56. The molecule has 3 amide bonds. The molecule has 2 aromatic heterocycles. The molecule has 1 atom stereocenters. The molecule has 1 unspecified atom stereocenters. The molecule has 34 heavy (non-hydrogen) atoms. The minimum atomic E-state index is -0.876. The molecule has 0 spiro atoms. The van der Waals surface area contributed by atoms with Gasteiger partial charge < -0.3 is 20.0 Å². The zero-order chi connectivity index (χ0) is 24.5. The number of aromatic nitrogens is 1. The summed E-state index contributed by atoms with van der Waals surface area (Å²) in [6.45, 7) is 5.78. The minimum Gasteiger partial charge on any atom is -0.467 e. The summed E-state index contributed by atoms with van der Waals surface area (Å²) >= 11 is 0. The average Bonchev–Trinajstić information content (AvgIpc) is 3.32. The van der Waals surface area contributed by atoms with E-state index >= 15 is 0 Å². The third-order valence-electron chi connectivity index (χ3n) is 5.11. The fraction of sp³-hybridized carbons (Fsp3) is 0.308. The van der Waals surface area contributed by atoms with E-state index in [2.05, 4.69) is 15.6 Å². The maximum Gasteiger partial charge on any atom is 0.247 e. The van der Waals surface area contributed by atoms with E-state index in [1.807, 2.05) is 45.0 Å². The third-order valence-corrected chi connectivity index (χ3v) is 5.11. The van der Waals surface area contributed by atoms with Crippen LogP contribution in [-0.2, 0) is 20.9 Å². The van der Waals surface area contributed by atoms with Crippen molar-refractivity contribution in [3.05, 3.63) is 83.9 Å². The first-order valence-electron chi connectivity index (χ1n) is 11.2. The molecule has 2 N–H and O–H groups in total. The molecule has 178 valence electrons. The number of hydrogen-bond donors (Lipinski definition) is 2. The van der Waals surface area contributed by atoms with Gasteiger partial charge in [-0.1, -0.05) is 35.9 Å². The Morgan fingerprint density at radius 1 is 1.00 bits per heavy atom. The molecular weight excluding hydrogens is 432 g/mol. The second-order valence-electron chi connectivity index (χ2n) is 8.34. The molecular formula is C26H30N4O4. The van der Waals surface area contributed by atoms with E-state index < -0.39 is 6.04 Å². The number of benzene rings is 1. The molecule has 0 aliphatic carbocycles. The predicted octanol–water partition coefficient (Wildman–Crippen LogP) is 4.00. The van der Waals surface area contributed by atoms with Crippen molar-refractivity contribution in [2.75, 3.05) is 5.32 Å². The minimum absolute atomic E-state index is 0.0452. The second-order valence-corrected chi connectivity index (χ2v) is 8.34. The summed E-state index contributed by atoms with van der Waals surface area (Å²) in [6.07, 6.45) is 2.98. The van der Waals surface area contributed by atoms with Crippen LogP contribution in [0.15, 0.2) is 71.5 Å². The van der Waals surface area contributed by atoms with Gasteiger partial charge in [-0.15, -0.1) is 0 Å². The highest BCUT2D eigenvalue weighted by molar-refractivity contribution is 5.94. The molecule has 3 rings (SSSR count). The Balaban J connectivity index is 1.83. The van der Waals surface area contributed by atoms with E-state index in [0.717, 1.165) is 5.56 Å². The highest BCUT2D eigenvalue weighted by Crippen LogP contribution is 2.26. The van der Waals surface area contributed by atoms with Gasteiger partial charge in [-0.3, -0.25) is 14.4 Å². The van der Waals surface area contributed by atoms with E-state index in [1.165, 1.54) is 11.2 Å². The van der Waals surface area contributed by atoms with Crippen LogP contribution >= 0.6 is 0 Å². The van der Waals surface area contributed by atoms with Crippen LogP contribution in [0, 0.1) is 6.92 Å². The number of carbonyl (C=O) groups is 3. The molecule has 0 saturated carbocycles. The summed E-state index contributed by atoms with van der Waals surface area (Å²) in [4.78, 5) is 44.6. The van der Waals surface area contributed by atoms with Crippen LogP contribution in [0.1, 0.15) is 49.6 Å². The van der Waals surface area contributed by atoms with Gasteiger partial charge in [0.2, 0.25) is 17.7 Å². The van der Waals surface area contributed by atoms with Gasteiger partial charge in [0.05, 0.1) is 12.8 Å². The molecule has 0 radical (unpaired) electrons. The predicted molar refractivity (Wildman–Crippen MR) is 129 cm³/mol. The largest absolute Gasteiger partial charge is 0.467 e. The molecule has 1 aromatic carbocycles. The number of anilines is 1. The lowest BCUT2D eigenvalue weighted by Gasteiger charge is -2.31. The zero-order valence-electron chi connectivity index (χ0n) is 19.7. The van der Waals surface area contributed by atoms with Crippen molar-refractivity contribution >= 4 is 23.5 Å². The monoisotopic (exact) mass is 462 g/mol. The third kappa shape index (κ3) is 7.03. The Hall–Kier alpha value is -3.94. The van der Waals surface area contributed by atoms with Crippen LogP contribution in [0.2, 0.25) is 0 Å². The summed E-state index contributed by atoms with van der Waals surface area (Å²) in [5, 5.41) is 5.60. The van der Waals surface area contributed by atoms with Gasteiger partial charge in [0, 0.05) is 25.1 Å². The number of nitrogens with one attached hydrogen (secondary N) is 2. The Labute approximate surface area is 199 Å². The second kappa shape index (κ2) is 11.8. The van der Waals surface area contributed by atoms with Gasteiger partial charge in [0.25, 0.3) is 0 Å². The molecule has 8 nitrogen and oxygen atoms in total. The van der Waals surface area contributed by atoms with Gasteiger partial charge in [-0.25, -0.2) is 4.98 Å². The number of hydrogen-bond acceptors (Lipinski definition) is 5. The number of nitrogens with zero attached hydrogens (tertiary/aromatic N) is 2. The quantitative estimate of drug-likeness (QED) is 0.474. The van der Waals surface area contributed by atoms with Crippen LogP contribution in [-0.4, -0.2) is 33.6 Å². The van der Waals surface area contributed by atoms with E-state index in [9.17, 15) is 14.4 Å². The van der Waals surface area contributed by atoms with Gasteiger partial charge in [-0.2, -0.15) is 0 Å². The van der Waals surface area contributed by atoms with Crippen LogP contribution in [0.5, 0.6) is 0 Å². The summed E-state index contributed by atoms with van der Waals surface area (Å²) in [6, 6.07) is 15.2. The SMILES string of the molecule is Cc1ccc(C(C(=O)NC(C)C)N(Cc2ccco2)C(=O)CCC(=O)Nc2ccccn2)cc1. The van der Waals surface area contributed by atoms with Crippen molar-refractivity contribution < 1.29 is 18.8 Å². The van der Waals surface area contributed by atoms with Crippen LogP contribution in [0.4, 0.5) is 5.82 Å². The lowest BCUT2D eigenvalue weighted by Crippen LogP contribution is -2.45. The maximum absolute atomic E-state index is 13.4. The first kappa shape index (κ1) is 24.7. The van der Waals surface area contributed by atoms with Crippen LogP contribution in [0.3, 0.4) is 0 Å². The van der Waals surface area contributed by atoms with Crippen LogP contribution < -0.4 is 10.6 Å². The van der Waals surface area contributed by atoms with Gasteiger partial charge in [-0.05, 0) is 50.6 Å². The smallest absolute Gasteiger partial charge is 0.247 e. The lowest BCUT2D eigenvalue weighted by atomic mass is 10.0. The van der Waals surface area contributed by atoms with Crippen molar-refractivity contribution in [3.8, 4) is 0 Å². The molecule has 0 bridgehead atoms. The summed E-state index contributed by atoms with van der Waals surface area (Å²) in [5.74, 6) is -0.000700. The molecule has 0 aliphatic rings. The normalized spacial score (nSPS) is 11.6. The topological polar surface area (TPSA) is 105 Å². The fourth-order valence-electron chi connectivity index (χ4n) is 3.49. The van der Waals surface area contributed by atoms with E-state index in [0.29, 0.717) is 17.1 Å². The Morgan fingerprint density at radius 2 is 1.76 bits per heavy atom. The standard InChI is InChI=1S/C26H30N4O4/c1-18(2)28-26(33)25(20-11-9-19(3)10-12-20)30(17-21-7-6-16-34-21)24(32)14-13-23(31)29-22-8-4-5-15-27-22/h4-12,15-16,18,25H,13-14,17H2,1-3H3,(H,28,33)(H,27,29,31). The van der Waals surface area contributed by atoms with Gasteiger partial charge >= 0.3 is 0 Å². The molecule has 0 aliphatic heterocycles. The van der Waals surface area contributed by atoms with Crippen molar-refractivity contribution in [3.63, 3.8) is 0 Å². The van der Waals surface area contributed by atoms with E-state index in [-0.39, 0.29) is 43.1 Å². The van der Waals surface area contributed by atoms with Gasteiger partial charge in [0.15, 0.2) is 0 Å². The maximum atomic E-state index is 13.4. The van der Waals surface area contributed by atoms with Crippen molar-refractivity contribution in [1.82, 2.24) is 15.2 Å². The molecule has 0 fully saturated rings. The van der Waals surface area contributed by atoms with Gasteiger partial charge in [0.1, 0.15) is 17.6 Å². The zero-order valence-corrected chi connectivity index (χ0v) is 19.7. The number of aryl methyl sites for hydroxylation is 1. The highest BCUT2D eigenvalue weighted by atomic mass is 16.3. The van der Waals surface area contributed by atoms with E-state index in [4.69, 9.17) is 4.42 Å². The first-order chi connectivity index (χ1) is 16.3. The summed E-state index contributed by atoms with van der Waals surface area (Å²) in [5.41, 5.74) is 1.73. The average molecular weight is 463 g/mol. The van der Waals surface area contributed by atoms with Crippen molar-refractivity contribution in [1.29, 1.82) is 0 Å². The molecule has 0 saturated heterocycles. The highest BCUT2D eigenvalue weighted by Gasteiger charge is 2.32. The van der Waals surface area contributed by atoms with E-state index in [1.54, 1.807) is 36.5 Å². The summed E-state index contributed by atoms with van der Waals surface area (Å²) in [7, 11) is 0. The lowest BCUT2D eigenvalue weighted by molar-refractivity contribution is -0.142.